The molecule has 0 aromatic heterocycles. The Balaban J connectivity index is 0.00000300. The molecule has 0 saturated carbocycles. The first kappa shape index (κ1) is 24.4. The van der Waals surface area contributed by atoms with Crippen molar-refractivity contribution < 1.29 is 4.74 Å². The van der Waals surface area contributed by atoms with Crippen molar-refractivity contribution in [2.75, 3.05) is 52.9 Å². The van der Waals surface area contributed by atoms with Crippen LogP contribution in [0, 0.1) is 0 Å². The van der Waals surface area contributed by atoms with Crippen LogP contribution in [-0.2, 0) is 17.8 Å². The number of halogens is 1. The summed E-state index contributed by atoms with van der Waals surface area (Å²) in [5.41, 5.74) is 2.67. The molecule has 164 valence electrons. The predicted molar refractivity (Wildman–Crippen MR) is 131 cm³/mol. The molecule has 1 aromatic rings. The van der Waals surface area contributed by atoms with Gasteiger partial charge >= 0.3 is 0 Å². The number of likely N-dealkylation sites (N-methyl/N-ethyl adjacent to an activating group) is 1. The number of benzene rings is 1. The molecular weight excluding hydrogens is 477 g/mol. The van der Waals surface area contributed by atoms with Crippen LogP contribution in [0.4, 0.5) is 0 Å². The van der Waals surface area contributed by atoms with Crippen LogP contribution >= 0.6 is 24.0 Å². The molecule has 1 unspecified atom stereocenters. The van der Waals surface area contributed by atoms with E-state index >= 15 is 0 Å². The van der Waals surface area contributed by atoms with Crippen molar-refractivity contribution in [3.05, 3.63) is 35.4 Å². The molecule has 29 heavy (non-hydrogen) atoms. The van der Waals surface area contributed by atoms with E-state index in [1.165, 1.54) is 24.2 Å². The minimum Gasteiger partial charge on any atom is -0.373 e. The second-order valence-corrected chi connectivity index (χ2v) is 8.16. The molecule has 3 rings (SSSR count). The number of hydrogen-bond donors (Lipinski definition) is 2. The highest BCUT2D eigenvalue weighted by Crippen LogP contribution is 2.23. The van der Waals surface area contributed by atoms with Crippen LogP contribution in [0.25, 0.3) is 0 Å². The number of aliphatic imine (C=N–C) groups is 1. The Morgan fingerprint density at radius 3 is 2.41 bits per heavy atom. The third-order valence-electron chi connectivity index (χ3n) is 6.02. The quantitative estimate of drug-likeness (QED) is 0.333. The zero-order chi connectivity index (χ0) is 19.8. The molecule has 2 N–H and O–H groups in total. The molecule has 2 heterocycles. The molecule has 1 aromatic carbocycles. The molecule has 0 bridgehead atoms. The highest BCUT2D eigenvalue weighted by Gasteiger charge is 2.29. The van der Waals surface area contributed by atoms with Crippen LogP contribution in [0.3, 0.4) is 0 Å². The summed E-state index contributed by atoms with van der Waals surface area (Å²) in [6, 6.07) is 8.75. The molecule has 2 aliphatic rings. The lowest BCUT2D eigenvalue weighted by Crippen LogP contribution is -2.46. The Labute approximate surface area is 193 Å². The Morgan fingerprint density at radius 2 is 1.79 bits per heavy atom. The van der Waals surface area contributed by atoms with E-state index < -0.39 is 0 Å². The van der Waals surface area contributed by atoms with Gasteiger partial charge in [-0.1, -0.05) is 31.2 Å². The fraction of sp³-hybridized carbons (Fsp3) is 0.682. The lowest BCUT2D eigenvalue weighted by molar-refractivity contribution is 0.0243. The van der Waals surface area contributed by atoms with E-state index in [0.29, 0.717) is 0 Å². The maximum atomic E-state index is 5.86. The summed E-state index contributed by atoms with van der Waals surface area (Å²) in [7, 11) is 1.83. The highest BCUT2D eigenvalue weighted by molar-refractivity contribution is 14.0. The van der Waals surface area contributed by atoms with E-state index in [9.17, 15) is 0 Å². The van der Waals surface area contributed by atoms with Crippen molar-refractivity contribution in [3.63, 3.8) is 0 Å². The summed E-state index contributed by atoms with van der Waals surface area (Å²) in [6.07, 6.45) is 2.25. The van der Waals surface area contributed by atoms with Gasteiger partial charge in [0.2, 0.25) is 0 Å². The van der Waals surface area contributed by atoms with Gasteiger partial charge in [0.15, 0.2) is 5.96 Å². The molecule has 1 atom stereocenters. The van der Waals surface area contributed by atoms with Crippen molar-refractivity contribution in [2.24, 2.45) is 4.99 Å². The van der Waals surface area contributed by atoms with Gasteiger partial charge in [0.1, 0.15) is 0 Å². The summed E-state index contributed by atoms with van der Waals surface area (Å²) in [5, 5.41) is 6.91. The molecule has 2 aliphatic heterocycles. The van der Waals surface area contributed by atoms with Crippen LogP contribution < -0.4 is 10.6 Å². The molecule has 0 radical (unpaired) electrons. The van der Waals surface area contributed by atoms with Crippen LogP contribution in [0.5, 0.6) is 0 Å². The normalized spacial score (nSPS) is 23.6. The second-order valence-electron chi connectivity index (χ2n) is 8.16. The first-order chi connectivity index (χ1) is 13.6. The number of guanidine groups is 1. The number of nitrogens with one attached hydrogen (secondary N) is 2. The second kappa shape index (κ2) is 12.1. The van der Waals surface area contributed by atoms with Gasteiger partial charge in [-0.3, -0.25) is 9.89 Å². The number of piperazine rings is 1. The Kier molecular flexibility index (Phi) is 10.1. The average Bonchev–Trinajstić information content (AvgIpc) is 3.16. The molecule has 6 nitrogen and oxygen atoms in total. The monoisotopic (exact) mass is 515 g/mol. The summed E-state index contributed by atoms with van der Waals surface area (Å²) >= 11 is 0. The average molecular weight is 515 g/mol. The molecule has 0 aliphatic carbocycles. The smallest absolute Gasteiger partial charge is 0.191 e. The standard InChI is InChI=1S/C22H37N5O.HI/c1-4-26-11-13-27(14-12-26)17-20-9-6-5-8-19(20)16-24-21(23-3)25-18-22(2)10-7-15-28-22;/h5-6,8-9H,4,7,10-18H2,1-3H3,(H2,23,24,25);1H. The zero-order valence-corrected chi connectivity index (χ0v) is 20.6. The van der Waals surface area contributed by atoms with Gasteiger partial charge in [0, 0.05) is 59.5 Å². The lowest BCUT2D eigenvalue weighted by Gasteiger charge is -2.34. The van der Waals surface area contributed by atoms with Gasteiger partial charge in [-0.15, -0.1) is 24.0 Å². The third-order valence-corrected chi connectivity index (χ3v) is 6.02. The first-order valence-corrected chi connectivity index (χ1v) is 10.7. The van der Waals surface area contributed by atoms with Crippen molar-refractivity contribution >= 4 is 29.9 Å². The topological polar surface area (TPSA) is 52.1 Å². The summed E-state index contributed by atoms with van der Waals surface area (Å²) in [5.74, 6) is 0.836. The van der Waals surface area contributed by atoms with E-state index in [0.717, 1.165) is 64.7 Å². The summed E-state index contributed by atoms with van der Waals surface area (Å²) in [6.45, 7) is 13.7. The fourth-order valence-electron chi connectivity index (χ4n) is 4.04. The van der Waals surface area contributed by atoms with Gasteiger partial charge < -0.3 is 20.3 Å². The highest BCUT2D eigenvalue weighted by atomic mass is 127. The van der Waals surface area contributed by atoms with Crippen molar-refractivity contribution in [1.29, 1.82) is 0 Å². The number of rotatable bonds is 7. The minimum absolute atomic E-state index is 0. The van der Waals surface area contributed by atoms with Crippen molar-refractivity contribution in [2.45, 2.75) is 45.4 Å². The molecule has 0 amide bonds. The summed E-state index contributed by atoms with van der Waals surface area (Å²) in [4.78, 5) is 9.47. The Morgan fingerprint density at radius 1 is 1.10 bits per heavy atom. The number of nitrogens with zero attached hydrogens (tertiary/aromatic N) is 3. The Hall–Kier alpha value is -0.900. The molecule has 7 heteroatoms. The van der Waals surface area contributed by atoms with Gasteiger partial charge in [-0.25, -0.2) is 0 Å². The van der Waals surface area contributed by atoms with E-state index in [1.807, 2.05) is 7.05 Å². The van der Waals surface area contributed by atoms with E-state index in [-0.39, 0.29) is 29.6 Å². The minimum atomic E-state index is -0.0733. The number of ether oxygens (including phenoxy) is 1. The van der Waals surface area contributed by atoms with Crippen LogP contribution in [0.15, 0.2) is 29.3 Å². The SMILES string of the molecule is CCN1CCN(Cc2ccccc2CNC(=NC)NCC2(C)CCCO2)CC1.I. The fourth-order valence-corrected chi connectivity index (χ4v) is 4.04. The van der Waals surface area contributed by atoms with Crippen LogP contribution in [0.2, 0.25) is 0 Å². The molecule has 0 spiro atoms. The van der Waals surface area contributed by atoms with Gasteiger partial charge in [-0.05, 0) is 37.4 Å². The number of hydrogen-bond acceptors (Lipinski definition) is 4. The van der Waals surface area contributed by atoms with Crippen LogP contribution in [-0.4, -0.2) is 74.3 Å². The molecule has 2 fully saturated rings. The molecular formula is C22H38IN5O. The Bertz CT molecular complexity index is 640. The van der Waals surface area contributed by atoms with Crippen molar-refractivity contribution in [3.8, 4) is 0 Å². The van der Waals surface area contributed by atoms with E-state index in [2.05, 4.69) is 63.5 Å². The van der Waals surface area contributed by atoms with Gasteiger partial charge in [-0.2, -0.15) is 0 Å². The largest absolute Gasteiger partial charge is 0.373 e. The van der Waals surface area contributed by atoms with E-state index in [1.54, 1.807) is 0 Å². The first-order valence-electron chi connectivity index (χ1n) is 10.7. The van der Waals surface area contributed by atoms with Gasteiger partial charge in [0.25, 0.3) is 0 Å². The maximum Gasteiger partial charge on any atom is 0.191 e. The molecule has 2 saturated heterocycles. The third kappa shape index (κ3) is 7.38. The lowest BCUT2D eigenvalue weighted by atomic mass is 10.0. The zero-order valence-electron chi connectivity index (χ0n) is 18.2. The predicted octanol–water partition coefficient (Wildman–Crippen LogP) is 2.68. The summed E-state index contributed by atoms with van der Waals surface area (Å²) < 4.78 is 5.86. The van der Waals surface area contributed by atoms with Crippen LogP contribution in [0.1, 0.15) is 37.8 Å². The van der Waals surface area contributed by atoms with Crippen molar-refractivity contribution in [1.82, 2.24) is 20.4 Å². The maximum absolute atomic E-state index is 5.86. The van der Waals surface area contributed by atoms with E-state index in [4.69, 9.17) is 4.74 Å². The van der Waals surface area contributed by atoms with Gasteiger partial charge in [0.05, 0.1) is 5.60 Å².